The van der Waals surface area contributed by atoms with Crippen LogP contribution in [0.3, 0.4) is 0 Å². The molecule has 0 unspecified atom stereocenters. The van der Waals surface area contributed by atoms with Gasteiger partial charge in [0.1, 0.15) is 11.3 Å². The molecule has 0 saturated carbocycles. The average molecular weight is 484 g/mol. The van der Waals surface area contributed by atoms with Crippen LogP contribution in [0.5, 0.6) is 0 Å². The number of rotatable bonds is 9. The first-order valence-corrected chi connectivity index (χ1v) is 11.9. The quantitative estimate of drug-likeness (QED) is 0.270. The van der Waals surface area contributed by atoms with Gasteiger partial charge >= 0.3 is 11.9 Å². The summed E-state index contributed by atoms with van der Waals surface area (Å²) >= 11 is 0. The van der Waals surface area contributed by atoms with Crippen LogP contribution in [0, 0.1) is 0 Å². The van der Waals surface area contributed by atoms with Crippen LogP contribution in [0.15, 0.2) is 84.9 Å². The summed E-state index contributed by atoms with van der Waals surface area (Å²) in [7, 11) is 2.55. The Bertz CT molecular complexity index is 1320. The predicted octanol–water partition coefficient (Wildman–Crippen LogP) is 6.05. The van der Waals surface area contributed by atoms with Crippen molar-refractivity contribution < 1.29 is 19.1 Å². The Morgan fingerprint density at radius 3 is 1.97 bits per heavy atom. The second-order valence-electron chi connectivity index (χ2n) is 8.19. The smallest absolute Gasteiger partial charge is 0.357 e. The number of nitrogens with zero attached hydrogens (tertiary/aromatic N) is 3. The minimum Gasteiger partial charge on any atom is -0.465 e. The summed E-state index contributed by atoms with van der Waals surface area (Å²) in [6, 6.07) is 27.2. The monoisotopic (exact) mass is 483 g/mol. The maximum Gasteiger partial charge on any atom is 0.357 e. The van der Waals surface area contributed by atoms with Crippen molar-refractivity contribution in [1.82, 2.24) is 9.78 Å². The van der Waals surface area contributed by atoms with Crippen LogP contribution >= 0.6 is 0 Å². The molecule has 0 amide bonds. The minimum atomic E-state index is -0.676. The van der Waals surface area contributed by atoms with Gasteiger partial charge in [0.05, 0.1) is 19.9 Å². The molecule has 4 aromatic rings. The molecule has 0 aliphatic rings. The molecule has 7 nitrogen and oxygen atoms in total. The van der Waals surface area contributed by atoms with Crippen LogP contribution in [-0.4, -0.2) is 42.5 Å². The van der Waals surface area contributed by atoms with Crippen molar-refractivity contribution in [2.75, 3.05) is 25.7 Å². The SMILES string of the molecule is CCCCN(c1ccccc1)c1ccc(-c2nn(-c3ccccc3)c(C(=O)OC)c2C(=O)OC)cc1. The third-order valence-electron chi connectivity index (χ3n) is 5.91. The summed E-state index contributed by atoms with van der Waals surface area (Å²) < 4.78 is 11.5. The average Bonchev–Trinajstić information content (AvgIpc) is 3.34. The fourth-order valence-electron chi connectivity index (χ4n) is 4.09. The lowest BCUT2D eigenvalue weighted by Crippen LogP contribution is -2.18. The first-order chi connectivity index (χ1) is 17.6. The van der Waals surface area contributed by atoms with Crippen LogP contribution in [0.2, 0.25) is 0 Å². The summed E-state index contributed by atoms with van der Waals surface area (Å²) in [4.78, 5) is 27.9. The van der Waals surface area contributed by atoms with Gasteiger partial charge in [-0.3, -0.25) is 0 Å². The van der Waals surface area contributed by atoms with Crippen LogP contribution in [0.4, 0.5) is 11.4 Å². The number of benzene rings is 3. The molecule has 0 aliphatic heterocycles. The minimum absolute atomic E-state index is 0.0171. The van der Waals surface area contributed by atoms with Gasteiger partial charge in [0, 0.05) is 23.5 Å². The zero-order chi connectivity index (χ0) is 25.5. The van der Waals surface area contributed by atoms with E-state index in [9.17, 15) is 9.59 Å². The molecule has 0 spiro atoms. The van der Waals surface area contributed by atoms with E-state index in [0.717, 1.165) is 30.8 Å². The highest BCUT2D eigenvalue weighted by Crippen LogP contribution is 2.32. The van der Waals surface area contributed by atoms with E-state index >= 15 is 0 Å². The highest BCUT2D eigenvalue weighted by Gasteiger charge is 2.31. The third kappa shape index (κ3) is 5.00. The molecule has 0 atom stereocenters. The molecule has 1 aromatic heterocycles. The van der Waals surface area contributed by atoms with E-state index < -0.39 is 11.9 Å². The van der Waals surface area contributed by atoms with Gasteiger partial charge in [0.15, 0.2) is 5.69 Å². The van der Waals surface area contributed by atoms with Gasteiger partial charge in [-0.05, 0) is 42.8 Å². The Hall–Kier alpha value is -4.39. The number of aromatic nitrogens is 2. The van der Waals surface area contributed by atoms with Crippen molar-refractivity contribution in [3.05, 3.63) is 96.2 Å². The van der Waals surface area contributed by atoms with Gasteiger partial charge in [0.25, 0.3) is 0 Å². The molecule has 0 aliphatic carbocycles. The van der Waals surface area contributed by atoms with Crippen LogP contribution in [0.1, 0.15) is 40.6 Å². The fraction of sp³-hybridized carbons (Fsp3) is 0.207. The third-order valence-corrected chi connectivity index (χ3v) is 5.91. The molecule has 4 rings (SSSR count). The van der Waals surface area contributed by atoms with E-state index in [0.29, 0.717) is 16.9 Å². The maximum atomic E-state index is 12.9. The molecule has 0 bridgehead atoms. The number of ether oxygens (including phenoxy) is 2. The number of methoxy groups -OCH3 is 2. The summed E-state index contributed by atoms with van der Waals surface area (Å²) in [5.74, 6) is -1.34. The normalized spacial score (nSPS) is 10.6. The highest BCUT2D eigenvalue weighted by atomic mass is 16.5. The Morgan fingerprint density at radius 2 is 1.39 bits per heavy atom. The molecule has 0 fully saturated rings. The number of carbonyl (C=O) groups is 2. The first-order valence-electron chi connectivity index (χ1n) is 11.9. The number of esters is 2. The van der Waals surface area contributed by atoms with Gasteiger partial charge < -0.3 is 14.4 Å². The van der Waals surface area contributed by atoms with E-state index in [-0.39, 0.29) is 11.3 Å². The van der Waals surface area contributed by atoms with Gasteiger partial charge in [-0.25, -0.2) is 14.3 Å². The molecule has 0 N–H and O–H groups in total. The van der Waals surface area contributed by atoms with Crippen molar-refractivity contribution in [3.8, 4) is 16.9 Å². The lowest BCUT2D eigenvalue weighted by Gasteiger charge is -2.25. The largest absolute Gasteiger partial charge is 0.465 e. The van der Waals surface area contributed by atoms with Gasteiger partial charge in [-0.15, -0.1) is 0 Å². The van der Waals surface area contributed by atoms with E-state index in [4.69, 9.17) is 9.47 Å². The van der Waals surface area contributed by atoms with Crippen molar-refractivity contribution >= 4 is 23.3 Å². The molecule has 36 heavy (non-hydrogen) atoms. The second kappa shape index (κ2) is 11.4. The summed E-state index contributed by atoms with van der Waals surface area (Å²) in [5.41, 5.74) is 3.86. The highest BCUT2D eigenvalue weighted by molar-refractivity contribution is 6.06. The molecule has 0 radical (unpaired) electrons. The number of unbranched alkanes of at least 4 members (excludes halogenated alkanes) is 1. The summed E-state index contributed by atoms with van der Waals surface area (Å²) in [6.45, 7) is 3.05. The Morgan fingerprint density at radius 1 is 0.806 bits per heavy atom. The van der Waals surface area contributed by atoms with Crippen LogP contribution in [0.25, 0.3) is 16.9 Å². The van der Waals surface area contributed by atoms with Crippen molar-refractivity contribution in [2.45, 2.75) is 19.8 Å². The van der Waals surface area contributed by atoms with Crippen molar-refractivity contribution in [2.24, 2.45) is 0 Å². The number of hydrogen-bond donors (Lipinski definition) is 0. The summed E-state index contributed by atoms with van der Waals surface area (Å²) in [6.07, 6.45) is 2.13. The van der Waals surface area contributed by atoms with Crippen LogP contribution < -0.4 is 4.90 Å². The fourth-order valence-corrected chi connectivity index (χ4v) is 4.09. The lowest BCUT2D eigenvalue weighted by molar-refractivity contribution is 0.0549. The molecule has 7 heteroatoms. The number of anilines is 2. The second-order valence-corrected chi connectivity index (χ2v) is 8.19. The zero-order valence-corrected chi connectivity index (χ0v) is 20.7. The Labute approximate surface area is 210 Å². The van der Waals surface area contributed by atoms with Gasteiger partial charge in [-0.2, -0.15) is 5.10 Å². The first kappa shape index (κ1) is 24.7. The number of hydrogen-bond acceptors (Lipinski definition) is 6. The lowest BCUT2D eigenvalue weighted by atomic mass is 10.0. The number of carbonyl (C=O) groups excluding carboxylic acids is 2. The molecular weight excluding hydrogens is 454 g/mol. The van der Waals surface area contributed by atoms with Gasteiger partial charge in [-0.1, -0.05) is 61.9 Å². The Kier molecular flexibility index (Phi) is 7.80. The van der Waals surface area contributed by atoms with Crippen molar-refractivity contribution in [1.29, 1.82) is 0 Å². The molecule has 1 heterocycles. The van der Waals surface area contributed by atoms with E-state index in [2.05, 4.69) is 29.1 Å². The standard InChI is InChI=1S/C29H29N3O4/c1-4-5-20-31(22-12-8-6-9-13-22)23-18-16-21(17-19-23)26-25(28(33)35-2)27(29(34)36-3)32(30-26)24-14-10-7-11-15-24/h6-19H,4-5,20H2,1-3H3. The molecule has 184 valence electrons. The topological polar surface area (TPSA) is 73.7 Å². The maximum absolute atomic E-state index is 12.9. The molecule has 0 saturated heterocycles. The molecular formula is C29H29N3O4. The van der Waals surface area contributed by atoms with E-state index in [1.165, 1.54) is 18.9 Å². The summed E-state index contributed by atoms with van der Waals surface area (Å²) in [5, 5.41) is 4.67. The van der Waals surface area contributed by atoms with Gasteiger partial charge in [0.2, 0.25) is 0 Å². The Balaban J connectivity index is 1.82. The number of para-hydroxylation sites is 2. The van der Waals surface area contributed by atoms with Crippen LogP contribution in [-0.2, 0) is 9.47 Å². The van der Waals surface area contributed by atoms with E-state index in [1.807, 2.05) is 60.7 Å². The molecule has 3 aromatic carbocycles. The zero-order valence-electron chi connectivity index (χ0n) is 20.7. The van der Waals surface area contributed by atoms with E-state index in [1.54, 1.807) is 12.1 Å². The van der Waals surface area contributed by atoms with Crippen molar-refractivity contribution in [3.63, 3.8) is 0 Å². The predicted molar refractivity (Wildman–Crippen MR) is 140 cm³/mol.